The molecule has 0 aliphatic carbocycles. The number of aromatic nitrogens is 1. The van der Waals surface area contributed by atoms with E-state index in [1.807, 2.05) is 11.4 Å². The third-order valence-corrected chi connectivity index (χ3v) is 4.23. The van der Waals surface area contributed by atoms with Gasteiger partial charge in [-0.1, -0.05) is 0 Å². The molecule has 2 heterocycles. The maximum absolute atomic E-state index is 12.4. The third kappa shape index (κ3) is 3.42. The maximum Gasteiger partial charge on any atom is 0.335 e. The normalized spacial score (nSPS) is 10.7. The lowest BCUT2D eigenvalue weighted by Crippen LogP contribution is -2.13. The Morgan fingerprint density at radius 2 is 2.08 bits per heavy atom. The second-order valence-electron chi connectivity index (χ2n) is 5.14. The van der Waals surface area contributed by atoms with Gasteiger partial charge < -0.3 is 15.2 Å². The van der Waals surface area contributed by atoms with Gasteiger partial charge in [0.05, 0.1) is 28.0 Å². The van der Waals surface area contributed by atoms with Gasteiger partial charge in [-0.15, -0.1) is 11.3 Å². The number of methoxy groups -OCH3 is 1. The van der Waals surface area contributed by atoms with Crippen molar-refractivity contribution in [3.8, 4) is 0 Å². The molecule has 0 fully saturated rings. The van der Waals surface area contributed by atoms with Crippen molar-refractivity contribution in [2.45, 2.75) is 6.61 Å². The summed E-state index contributed by atoms with van der Waals surface area (Å²) in [6, 6.07) is 8.26. The van der Waals surface area contributed by atoms with Crippen LogP contribution in [0.4, 0.5) is 5.69 Å². The molecular weight excluding hydrogens is 328 g/mol. The van der Waals surface area contributed by atoms with E-state index in [9.17, 15) is 14.7 Å². The highest BCUT2D eigenvalue weighted by Gasteiger charge is 2.12. The highest BCUT2D eigenvalue weighted by Crippen LogP contribution is 2.21. The van der Waals surface area contributed by atoms with Crippen molar-refractivity contribution in [3.05, 3.63) is 58.6 Å². The van der Waals surface area contributed by atoms with Gasteiger partial charge in [0, 0.05) is 19.0 Å². The monoisotopic (exact) mass is 342 g/mol. The Balaban J connectivity index is 1.88. The van der Waals surface area contributed by atoms with E-state index in [1.54, 1.807) is 12.1 Å². The van der Waals surface area contributed by atoms with Crippen LogP contribution in [0.15, 0.2) is 41.9 Å². The molecule has 3 rings (SSSR count). The molecule has 0 spiro atoms. The zero-order valence-electron chi connectivity index (χ0n) is 12.8. The Kier molecular flexibility index (Phi) is 4.54. The average Bonchev–Trinajstić information content (AvgIpc) is 3.02. The van der Waals surface area contributed by atoms with Crippen molar-refractivity contribution in [2.24, 2.45) is 0 Å². The van der Waals surface area contributed by atoms with Gasteiger partial charge in [0.15, 0.2) is 0 Å². The number of carboxylic acid groups (broad SMARTS) is 1. The number of carboxylic acids is 1. The Morgan fingerprint density at radius 1 is 1.25 bits per heavy atom. The fourth-order valence-electron chi connectivity index (χ4n) is 2.31. The number of pyridine rings is 1. The summed E-state index contributed by atoms with van der Waals surface area (Å²) in [7, 11) is 1.52. The van der Waals surface area contributed by atoms with Crippen LogP contribution < -0.4 is 5.32 Å². The van der Waals surface area contributed by atoms with Crippen molar-refractivity contribution in [1.29, 1.82) is 0 Å². The largest absolute Gasteiger partial charge is 0.478 e. The van der Waals surface area contributed by atoms with Crippen molar-refractivity contribution >= 4 is 39.1 Å². The van der Waals surface area contributed by atoms with Crippen molar-refractivity contribution in [3.63, 3.8) is 0 Å². The van der Waals surface area contributed by atoms with E-state index in [-0.39, 0.29) is 18.1 Å². The summed E-state index contributed by atoms with van der Waals surface area (Å²) >= 11 is 1.50. The van der Waals surface area contributed by atoms with Gasteiger partial charge in [0.1, 0.15) is 0 Å². The minimum Gasteiger partial charge on any atom is -0.478 e. The summed E-state index contributed by atoms with van der Waals surface area (Å²) in [6.07, 6.45) is 1.50. The van der Waals surface area contributed by atoms with Gasteiger partial charge >= 0.3 is 5.97 Å². The van der Waals surface area contributed by atoms with E-state index in [2.05, 4.69) is 10.3 Å². The quantitative estimate of drug-likeness (QED) is 0.742. The molecule has 122 valence electrons. The second kappa shape index (κ2) is 6.77. The van der Waals surface area contributed by atoms with E-state index in [4.69, 9.17) is 4.74 Å². The van der Waals surface area contributed by atoms with Crippen molar-refractivity contribution in [1.82, 2.24) is 4.98 Å². The summed E-state index contributed by atoms with van der Waals surface area (Å²) in [4.78, 5) is 27.9. The average molecular weight is 342 g/mol. The first-order chi connectivity index (χ1) is 11.6. The highest BCUT2D eigenvalue weighted by molar-refractivity contribution is 7.17. The number of nitrogens with one attached hydrogen (secondary N) is 1. The third-order valence-electron chi connectivity index (χ3n) is 3.37. The van der Waals surface area contributed by atoms with Crippen LogP contribution in [0.1, 0.15) is 26.3 Å². The van der Waals surface area contributed by atoms with Gasteiger partial charge in [0.2, 0.25) is 0 Å². The molecule has 3 aromatic rings. The van der Waals surface area contributed by atoms with Crippen LogP contribution in [0.2, 0.25) is 0 Å². The first-order valence-corrected chi connectivity index (χ1v) is 7.95. The molecule has 6 nitrogen and oxygen atoms in total. The fraction of sp³-hybridized carbons (Fsp3) is 0.118. The molecule has 0 saturated heterocycles. The first kappa shape index (κ1) is 16.1. The van der Waals surface area contributed by atoms with E-state index in [0.29, 0.717) is 16.8 Å². The number of fused-ring (bicyclic) bond motifs is 1. The summed E-state index contributed by atoms with van der Waals surface area (Å²) in [6.45, 7) is 0.257. The van der Waals surface area contributed by atoms with Crippen LogP contribution in [-0.2, 0) is 11.3 Å². The summed E-state index contributed by atoms with van der Waals surface area (Å²) in [5.41, 5.74) is 2.41. The number of carbonyl (C=O) groups is 2. The first-order valence-electron chi connectivity index (χ1n) is 7.07. The predicted octanol–water partition coefficient (Wildman–Crippen LogP) is 3.39. The minimum absolute atomic E-state index is 0.0895. The number of hydrogen-bond donors (Lipinski definition) is 2. The number of nitrogens with zero attached hydrogens (tertiary/aromatic N) is 1. The number of hydrogen-bond acceptors (Lipinski definition) is 5. The molecule has 0 atom stereocenters. The molecule has 2 N–H and O–H groups in total. The molecule has 0 aliphatic rings. The Bertz CT molecular complexity index is 920. The minimum atomic E-state index is -1.06. The molecule has 1 amide bonds. The van der Waals surface area contributed by atoms with Crippen LogP contribution in [0.25, 0.3) is 10.2 Å². The number of carbonyl (C=O) groups excluding carboxylic acids is 1. The van der Waals surface area contributed by atoms with E-state index in [1.165, 1.54) is 36.8 Å². The molecule has 1 aromatic carbocycles. The molecule has 0 bridgehead atoms. The SMILES string of the molecule is COCc1cc(NC(=O)c2cnc3ccsc3c2)cc(C(=O)O)c1. The number of ether oxygens (including phenoxy) is 1. The number of benzene rings is 1. The van der Waals surface area contributed by atoms with Crippen molar-refractivity contribution in [2.75, 3.05) is 12.4 Å². The van der Waals surface area contributed by atoms with Crippen LogP contribution in [-0.4, -0.2) is 29.1 Å². The molecule has 2 aromatic heterocycles. The van der Waals surface area contributed by atoms with Gasteiger partial charge in [-0.05, 0) is 41.3 Å². The topological polar surface area (TPSA) is 88.5 Å². The van der Waals surface area contributed by atoms with E-state index >= 15 is 0 Å². The van der Waals surface area contributed by atoms with E-state index < -0.39 is 5.97 Å². The zero-order chi connectivity index (χ0) is 17.1. The molecule has 7 heteroatoms. The maximum atomic E-state index is 12.4. The highest BCUT2D eigenvalue weighted by atomic mass is 32.1. The van der Waals surface area contributed by atoms with Crippen LogP contribution in [0.5, 0.6) is 0 Å². The standard InChI is InChI=1S/C17H14N2O4S/c1-23-9-10-4-11(17(21)22)6-13(5-10)19-16(20)12-7-15-14(18-8-12)2-3-24-15/h2-8H,9H2,1H3,(H,19,20)(H,21,22). The van der Waals surface area contributed by atoms with Crippen LogP contribution in [0, 0.1) is 0 Å². The number of anilines is 1. The molecule has 24 heavy (non-hydrogen) atoms. The predicted molar refractivity (Wildman–Crippen MR) is 91.7 cm³/mol. The zero-order valence-corrected chi connectivity index (χ0v) is 13.6. The van der Waals surface area contributed by atoms with Gasteiger partial charge in [0.25, 0.3) is 5.91 Å². The van der Waals surface area contributed by atoms with Crippen LogP contribution >= 0.6 is 11.3 Å². The number of rotatable bonds is 5. The second-order valence-corrected chi connectivity index (χ2v) is 6.09. The molecule has 0 aliphatic heterocycles. The van der Waals surface area contributed by atoms with E-state index in [0.717, 1.165) is 10.2 Å². The van der Waals surface area contributed by atoms with Gasteiger partial charge in [-0.25, -0.2) is 4.79 Å². The lowest BCUT2D eigenvalue weighted by atomic mass is 10.1. The van der Waals surface area contributed by atoms with Gasteiger partial charge in [-0.3, -0.25) is 9.78 Å². The Labute approximate surface area is 141 Å². The lowest BCUT2D eigenvalue weighted by molar-refractivity contribution is 0.0696. The number of amides is 1. The van der Waals surface area contributed by atoms with Crippen LogP contribution in [0.3, 0.4) is 0 Å². The Hall–Kier alpha value is -2.77. The summed E-state index contributed by atoms with van der Waals surface area (Å²) in [5.74, 6) is -1.41. The number of aromatic carboxylic acids is 1. The lowest BCUT2D eigenvalue weighted by Gasteiger charge is -2.09. The summed E-state index contributed by atoms with van der Waals surface area (Å²) in [5, 5.41) is 13.8. The fourth-order valence-corrected chi connectivity index (χ4v) is 3.09. The molecule has 0 unspecified atom stereocenters. The van der Waals surface area contributed by atoms with Crippen molar-refractivity contribution < 1.29 is 19.4 Å². The number of thiophene rings is 1. The molecule has 0 saturated carbocycles. The smallest absolute Gasteiger partial charge is 0.335 e. The molecule has 0 radical (unpaired) electrons. The summed E-state index contributed by atoms with van der Waals surface area (Å²) < 4.78 is 5.95. The molecular formula is C17H14N2O4S. The van der Waals surface area contributed by atoms with Gasteiger partial charge in [-0.2, -0.15) is 0 Å². The Morgan fingerprint density at radius 3 is 2.83 bits per heavy atom.